The molecule has 0 aliphatic carbocycles. The maximum atomic E-state index is 10.9. The predicted octanol–water partition coefficient (Wildman–Crippen LogP) is 4.02. The number of hydrogen-bond donors (Lipinski definition) is 1. The van der Waals surface area contributed by atoms with Crippen molar-refractivity contribution in [2.45, 2.75) is 0 Å². The Balaban J connectivity index is 0.000000317. The fourth-order valence-electron chi connectivity index (χ4n) is 2.81. The van der Waals surface area contributed by atoms with Gasteiger partial charge in [-0.25, -0.2) is 9.67 Å². The van der Waals surface area contributed by atoms with E-state index in [1.807, 2.05) is 116 Å². The molecule has 0 atom stereocenters. The summed E-state index contributed by atoms with van der Waals surface area (Å²) >= 11 is 0. The van der Waals surface area contributed by atoms with E-state index in [1.165, 1.54) is 0 Å². The van der Waals surface area contributed by atoms with Gasteiger partial charge in [-0.3, -0.25) is 9.69 Å². The molecule has 1 heterocycles. The number of aromatic nitrogens is 3. The Labute approximate surface area is 213 Å². The molecule has 7 heteroatoms. The van der Waals surface area contributed by atoms with Crippen molar-refractivity contribution < 1.29 is 9.59 Å². The van der Waals surface area contributed by atoms with E-state index < -0.39 is 0 Å². The quantitative estimate of drug-likeness (QED) is 0.301. The number of nitrogens with zero attached hydrogens (tertiary/aromatic N) is 4. The van der Waals surface area contributed by atoms with Crippen LogP contribution in [0.5, 0.6) is 0 Å². The van der Waals surface area contributed by atoms with Crippen LogP contribution >= 0.6 is 0 Å². The molecular formula is C29H33N5O2. The normalized spacial score (nSPS) is 9.36. The van der Waals surface area contributed by atoms with Gasteiger partial charge in [-0.05, 0) is 26.2 Å². The lowest BCUT2D eigenvalue weighted by Gasteiger charge is -2.11. The summed E-state index contributed by atoms with van der Waals surface area (Å²) in [6.07, 6.45) is 9.57. The van der Waals surface area contributed by atoms with E-state index in [-0.39, 0.29) is 5.82 Å². The standard InChI is InChI=1S/C15H11N3O.C6H14N2O.C6H6.C2H2/c19-11-14-16-15(12-7-3-1-4-8-12)18(17-14)13-9-5-2-6-10-13;1-7-3-4-8(2)5-6-9;1-2-4-6-5-3-1;1-2/h1-11H;6-7H,3-5H2,1-2H3;1-6H;1-2H. The first-order valence-electron chi connectivity index (χ1n) is 11.3. The van der Waals surface area contributed by atoms with Gasteiger partial charge < -0.3 is 10.1 Å². The molecule has 1 aromatic heterocycles. The Morgan fingerprint density at radius 1 is 0.861 bits per heavy atom. The maximum Gasteiger partial charge on any atom is 0.215 e. The highest BCUT2D eigenvalue weighted by molar-refractivity contribution is 5.71. The maximum absolute atomic E-state index is 10.9. The molecule has 0 aliphatic rings. The van der Waals surface area contributed by atoms with E-state index in [1.54, 1.807) is 4.68 Å². The van der Waals surface area contributed by atoms with Crippen LogP contribution in [0, 0.1) is 12.8 Å². The Morgan fingerprint density at radius 3 is 1.83 bits per heavy atom. The lowest BCUT2D eigenvalue weighted by atomic mass is 10.2. The van der Waals surface area contributed by atoms with Crippen molar-refractivity contribution in [2.24, 2.45) is 0 Å². The molecule has 4 rings (SSSR count). The number of benzene rings is 3. The summed E-state index contributed by atoms with van der Waals surface area (Å²) in [5.41, 5.74) is 1.80. The third kappa shape index (κ3) is 11.2. The highest BCUT2D eigenvalue weighted by atomic mass is 16.1. The van der Waals surface area contributed by atoms with E-state index in [0.29, 0.717) is 18.7 Å². The van der Waals surface area contributed by atoms with Crippen molar-refractivity contribution in [3.8, 4) is 29.9 Å². The molecule has 0 saturated carbocycles. The van der Waals surface area contributed by atoms with Crippen LogP contribution in [0.4, 0.5) is 0 Å². The van der Waals surface area contributed by atoms with Crippen LogP contribution in [0.15, 0.2) is 97.1 Å². The third-order valence-electron chi connectivity index (χ3n) is 4.56. The van der Waals surface area contributed by atoms with E-state index in [0.717, 1.165) is 30.6 Å². The molecule has 0 radical (unpaired) electrons. The molecule has 7 nitrogen and oxygen atoms in total. The van der Waals surface area contributed by atoms with Gasteiger partial charge in [0, 0.05) is 18.7 Å². The number of carbonyl (C=O) groups is 2. The summed E-state index contributed by atoms with van der Waals surface area (Å²) in [5, 5.41) is 7.21. The van der Waals surface area contributed by atoms with Gasteiger partial charge in [0.05, 0.1) is 12.2 Å². The van der Waals surface area contributed by atoms with Crippen molar-refractivity contribution in [1.29, 1.82) is 0 Å². The molecule has 36 heavy (non-hydrogen) atoms. The van der Waals surface area contributed by atoms with Crippen molar-refractivity contribution in [3.63, 3.8) is 0 Å². The molecule has 3 aromatic carbocycles. The number of hydrogen-bond acceptors (Lipinski definition) is 6. The van der Waals surface area contributed by atoms with Crippen LogP contribution in [0.25, 0.3) is 17.1 Å². The number of nitrogens with one attached hydrogen (secondary N) is 1. The second-order valence-electron chi connectivity index (χ2n) is 7.21. The molecule has 0 amide bonds. The summed E-state index contributed by atoms with van der Waals surface area (Å²) in [4.78, 5) is 27.0. The Kier molecular flexibility index (Phi) is 15.6. The van der Waals surface area contributed by atoms with Gasteiger partial charge in [-0.1, -0.05) is 84.9 Å². The zero-order valence-electron chi connectivity index (χ0n) is 20.8. The summed E-state index contributed by atoms with van der Waals surface area (Å²) in [6, 6.07) is 31.3. The van der Waals surface area contributed by atoms with Gasteiger partial charge in [-0.15, -0.1) is 17.9 Å². The highest BCUT2D eigenvalue weighted by Crippen LogP contribution is 2.20. The number of rotatable bonds is 8. The Bertz CT molecular complexity index is 1030. The van der Waals surface area contributed by atoms with E-state index in [2.05, 4.69) is 28.2 Å². The van der Waals surface area contributed by atoms with Gasteiger partial charge in [0.15, 0.2) is 12.1 Å². The van der Waals surface area contributed by atoms with Crippen molar-refractivity contribution >= 4 is 12.6 Å². The molecule has 186 valence electrons. The van der Waals surface area contributed by atoms with Crippen LogP contribution < -0.4 is 5.32 Å². The number of likely N-dealkylation sites (N-methyl/N-ethyl adjacent to an activating group) is 2. The van der Waals surface area contributed by atoms with Gasteiger partial charge in [0.25, 0.3) is 0 Å². The van der Waals surface area contributed by atoms with E-state index >= 15 is 0 Å². The summed E-state index contributed by atoms with van der Waals surface area (Å²) in [5.74, 6) is 0.844. The molecule has 0 aliphatic heterocycles. The Morgan fingerprint density at radius 2 is 1.36 bits per heavy atom. The van der Waals surface area contributed by atoms with Crippen LogP contribution in [0.3, 0.4) is 0 Å². The number of para-hydroxylation sites is 1. The molecule has 0 unspecified atom stereocenters. The van der Waals surface area contributed by atoms with Gasteiger partial charge in [0.2, 0.25) is 5.82 Å². The first kappa shape index (κ1) is 29.7. The van der Waals surface area contributed by atoms with Crippen LogP contribution in [0.2, 0.25) is 0 Å². The molecule has 0 fully saturated rings. The predicted molar refractivity (Wildman–Crippen MR) is 146 cm³/mol. The van der Waals surface area contributed by atoms with Crippen LogP contribution in [0.1, 0.15) is 10.6 Å². The van der Waals surface area contributed by atoms with Gasteiger partial charge in [-0.2, -0.15) is 0 Å². The molecule has 0 bridgehead atoms. The third-order valence-corrected chi connectivity index (χ3v) is 4.56. The van der Waals surface area contributed by atoms with Crippen molar-refractivity contribution in [2.75, 3.05) is 33.7 Å². The zero-order valence-corrected chi connectivity index (χ0v) is 20.8. The topological polar surface area (TPSA) is 80.1 Å². The average Bonchev–Trinajstić information content (AvgIpc) is 3.41. The second kappa shape index (κ2) is 19.0. The van der Waals surface area contributed by atoms with Gasteiger partial charge in [0.1, 0.15) is 6.29 Å². The monoisotopic (exact) mass is 483 g/mol. The minimum atomic E-state index is 0.183. The summed E-state index contributed by atoms with van der Waals surface area (Å²) in [6.45, 7) is 2.39. The smallest absolute Gasteiger partial charge is 0.215 e. The molecule has 1 N–H and O–H groups in total. The van der Waals surface area contributed by atoms with Crippen molar-refractivity contribution in [1.82, 2.24) is 25.0 Å². The Hall–Kier alpha value is -4.38. The zero-order chi connectivity index (χ0) is 26.4. The first-order chi connectivity index (χ1) is 17.7. The second-order valence-corrected chi connectivity index (χ2v) is 7.21. The lowest BCUT2D eigenvalue weighted by Crippen LogP contribution is -2.28. The van der Waals surface area contributed by atoms with Gasteiger partial charge >= 0.3 is 0 Å². The van der Waals surface area contributed by atoms with Crippen LogP contribution in [-0.4, -0.2) is 66.0 Å². The summed E-state index contributed by atoms with van der Waals surface area (Å²) < 4.78 is 1.68. The molecule has 0 spiro atoms. The molecular weight excluding hydrogens is 450 g/mol. The van der Waals surface area contributed by atoms with E-state index in [4.69, 9.17) is 0 Å². The fourth-order valence-corrected chi connectivity index (χ4v) is 2.81. The highest BCUT2D eigenvalue weighted by Gasteiger charge is 2.12. The van der Waals surface area contributed by atoms with Crippen LogP contribution in [-0.2, 0) is 4.79 Å². The first-order valence-corrected chi connectivity index (χ1v) is 11.3. The SMILES string of the molecule is C#C.CNCCN(C)CC=O.O=Cc1nc(-c2ccccc2)n(-c2ccccc2)n1.c1ccccc1. The van der Waals surface area contributed by atoms with E-state index in [9.17, 15) is 9.59 Å². The minimum Gasteiger partial charge on any atom is -0.318 e. The number of carbonyl (C=O) groups excluding carboxylic acids is 2. The lowest BCUT2D eigenvalue weighted by molar-refractivity contribution is -0.108. The minimum absolute atomic E-state index is 0.183. The largest absolute Gasteiger partial charge is 0.318 e. The molecule has 0 saturated heterocycles. The molecule has 4 aromatic rings. The average molecular weight is 484 g/mol. The van der Waals surface area contributed by atoms with Crippen molar-refractivity contribution in [3.05, 3.63) is 103 Å². The fraction of sp³-hybridized carbons (Fsp3) is 0.172. The number of aldehydes is 2. The number of terminal acetylenes is 1. The summed E-state index contributed by atoms with van der Waals surface area (Å²) in [7, 11) is 3.82.